The first-order valence-corrected chi connectivity index (χ1v) is 4.90. The summed E-state index contributed by atoms with van der Waals surface area (Å²) in [5.74, 6) is -0.619. The molecule has 1 aromatic rings. The molecule has 0 radical (unpaired) electrons. The van der Waals surface area contributed by atoms with Crippen molar-refractivity contribution in [3.63, 3.8) is 0 Å². The Morgan fingerprint density at radius 2 is 2.29 bits per heavy atom. The molecule has 0 atom stereocenters. The molecule has 0 N–H and O–H groups in total. The van der Waals surface area contributed by atoms with Crippen LogP contribution in [0, 0.1) is 11.3 Å². The monoisotopic (exact) mass is 240 g/mol. The summed E-state index contributed by atoms with van der Waals surface area (Å²) in [4.78, 5) is 14.9. The van der Waals surface area contributed by atoms with Crippen LogP contribution in [0.25, 0.3) is 0 Å². The lowest BCUT2D eigenvalue weighted by molar-refractivity contribution is -0.142. The second-order valence-corrected chi connectivity index (χ2v) is 3.15. The van der Waals surface area contributed by atoms with Gasteiger partial charge in [-0.1, -0.05) is 0 Å². The maximum atomic E-state index is 12.8. The predicted octanol–water partition coefficient (Wildman–Crippen LogP) is 2.00. The van der Waals surface area contributed by atoms with Gasteiger partial charge in [-0.15, -0.1) is 0 Å². The number of esters is 1. The Balaban J connectivity index is 3.07. The van der Waals surface area contributed by atoms with Crippen LogP contribution < -0.4 is 0 Å². The highest BCUT2D eigenvalue weighted by Gasteiger charge is 2.20. The van der Waals surface area contributed by atoms with Crippen LogP contribution in [-0.4, -0.2) is 17.6 Å². The average molecular weight is 240 g/mol. The number of rotatable bonds is 4. The van der Waals surface area contributed by atoms with Crippen molar-refractivity contribution in [3.8, 4) is 6.07 Å². The number of hydrogen-bond acceptors (Lipinski definition) is 4. The average Bonchev–Trinajstić information content (AvgIpc) is 2.28. The highest BCUT2D eigenvalue weighted by Crippen LogP contribution is 2.26. The van der Waals surface area contributed by atoms with Crippen molar-refractivity contribution in [1.82, 2.24) is 4.98 Å². The highest BCUT2D eigenvalue weighted by atomic mass is 19.3. The summed E-state index contributed by atoms with van der Waals surface area (Å²) in [7, 11) is 0. The topological polar surface area (TPSA) is 63.0 Å². The lowest BCUT2D eigenvalue weighted by Crippen LogP contribution is -2.11. The molecule has 0 unspecified atom stereocenters. The van der Waals surface area contributed by atoms with Crippen LogP contribution in [0.2, 0.25) is 0 Å². The van der Waals surface area contributed by atoms with Crippen LogP contribution in [0.5, 0.6) is 0 Å². The summed E-state index contributed by atoms with van der Waals surface area (Å²) in [5.41, 5.74) is -0.644. The zero-order valence-corrected chi connectivity index (χ0v) is 9.11. The van der Waals surface area contributed by atoms with Gasteiger partial charge in [0, 0.05) is 18.0 Å². The van der Waals surface area contributed by atoms with Gasteiger partial charge in [-0.05, 0) is 12.5 Å². The molecule has 0 bridgehead atoms. The van der Waals surface area contributed by atoms with E-state index >= 15 is 0 Å². The summed E-state index contributed by atoms with van der Waals surface area (Å²) in [5, 5.41) is 8.69. The fourth-order valence-corrected chi connectivity index (χ4v) is 1.37. The Morgan fingerprint density at radius 3 is 2.82 bits per heavy atom. The Hall–Kier alpha value is -2.03. The van der Waals surface area contributed by atoms with Crippen molar-refractivity contribution in [2.45, 2.75) is 19.8 Å². The van der Waals surface area contributed by atoms with E-state index in [0.717, 1.165) is 12.4 Å². The van der Waals surface area contributed by atoms with Gasteiger partial charge in [0.15, 0.2) is 0 Å². The van der Waals surface area contributed by atoms with Gasteiger partial charge in [-0.3, -0.25) is 9.78 Å². The van der Waals surface area contributed by atoms with Crippen molar-refractivity contribution in [1.29, 1.82) is 5.26 Å². The first kappa shape index (κ1) is 13.0. The van der Waals surface area contributed by atoms with E-state index in [2.05, 4.69) is 9.72 Å². The lowest BCUT2D eigenvalue weighted by atomic mass is 10.0. The highest BCUT2D eigenvalue weighted by molar-refractivity contribution is 5.73. The molecule has 17 heavy (non-hydrogen) atoms. The zero-order chi connectivity index (χ0) is 12.8. The van der Waals surface area contributed by atoms with Gasteiger partial charge in [0.2, 0.25) is 0 Å². The minimum atomic E-state index is -2.82. The number of nitrogens with zero attached hydrogens (tertiary/aromatic N) is 2. The van der Waals surface area contributed by atoms with Crippen molar-refractivity contribution < 1.29 is 18.3 Å². The number of hydrogen-bond donors (Lipinski definition) is 0. The Kier molecular flexibility index (Phi) is 4.52. The zero-order valence-electron chi connectivity index (χ0n) is 9.11. The van der Waals surface area contributed by atoms with Crippen molar-refractivity contribution in [3.05, 3.63) is 29.1 Å². The van der Waals surface area contributed by atoms with Crippen molar-refractivity contribution in [2.24, 2.45) is 0 Å². The van der Waals surface area contributed by atoms with Gasteiger partial charge in [-0.2, -0.15) is 5.26 Å². The Morgan fingerprint density at radius 1 is 1.59 bits per heavy atom. The van der Waals surface area contributed by atoms with Gasteiger partial charge in [-0.25, -0.2) is 8.78 Å². The third kappa shape index (κ3) is 3.21. The SMILES string of the molecule is CCOC(=O)Cc1cncc(C#N)c1C(F)F. The number of carbonyl (C=O) groups is 1. The number of aromatic nitrogens is 1. The summed E-state index contributed by atoms with van der Waals surface area (Å²) >= 11 is 0. The van der Waals surface area contributed by atoms with Gasteiger partial charge in [0.25, 0.3) is 6.43 Å². The molecule has 1 aromatic heterocycles. The molecule has 0 aliphatic carbocycles. The number of alkyl halides is 2. The summed E-state index contributed by atoms with van der Waals surface area (Å²) in [6.07, 6.45) is -0.928. The molecule has 0 aliphatic heterocycles. The van der Waals surface area contributed by atoms with E-state index < -0.39 is 18.0 Å². The molecule has 0 fully saturated rings. The molecule has 1 heterocycles. The molecule has 1 rings (SSSR count). The van der Waals surface area contributed by atoms with Crippen LogP contribution in [-0.2, 0) is 16.0 Å². The Bertz CT molecular complexity index is 455. The molecule has 0 saturated heterocycles. The third-order valence-corrected chi connectivity index (χ3v) is 2.05. The first-order chi connectivity index (χ1) is 8.10. The normalized spacial score (nSPS) is 10.1. The first-order valence-electron chi connectivity index (χ1n) is 4.90. The van der Waals surface area contributed by atoms with E-state index in [-0.39, 0.29) is 24.2 Å². The molecular formula is C11H10F2N2O2. The molecule has 0 spiro atoms. The molecule has 0 amide bonds. The molecule has 0 saturated carbocycles. The molecule has 0 aromatic carbocycles. The summed E-state index contributed by atoms with van der Waals surface area (Å²) < 4.78 is 30.2. The molecular weight excluding hydrogens is 230 g/mol. The van der Waals surface area contributed by atoms with E-state index in [1.54, 1.807) is 13.0 Å². The molecule has 6 heteroatoms. The fraction of sp³-hybridized carbons (Fsp3) is 0.364. The van der Waals surface area contributed by atoms with E-state index in [0.29, 0.717) is 0 Å². The second kappa shape index (κ2) is 5.89. The van der Waals surface area contributed by atoms with Crippen molar-refractivity contribution in [2.75, 3.05) is 6.61 Å². The lowest BCUT2D eigenvalue weighted by Gasteiger charge is -2.09. The van der Waals surface area contributed by atoms with Crippen LogP contribution in [0.3, 0.4) is 0 Å². The van der Waals surface area contributed by atoms with Crippen molar-refractivity contribution >= 4 is 5.97 Å². The summed E-state index contributed by atoms with van der Waals surface area (Å²) in [6.45, 7) is 1.80. The largest absolute Gasteiger partial charge is 0.466 e. The van der Waals surface area contributed by atoms with Crippen LogP contribution in [0.15, 0.2) is 12.4 Å². The minimum Gasteiger partial charge on any atom is -0.466 e. The number of pyridine rings is 1. The van der Waals surface area contributed by atoms with E-state index in [4.69, 9.17) is 5.26 Å². The molecule has 0 aliphatic rings. The van der Waals surface area contributed by atoms with E-state index in [9.17, 15) is 13.6 Å². The summed E-state index contributed by atoms with van der Waals surface area (Å²) in [6, 6.07) is 1.63. The number of carbonyl (C=O) groups excluding carboxylic acids is 1. The van der Waals surface area contributed by atoms with E-state index in [1.165, 1.54) is 0 Å². The second-order valence-electron chi connectivity index (χ2n) is 3.15. The van der Waals surface area contributed by atoms with E-state index in [1.807, 2.05) is 0 Å². The number of halogens is 2. The third-order valence-electron chi connectivity index (χ3n) is 2.05. The Labute approximate surface area is 96.8 Å². The molecule has 4 nitrogen and oxygen atoms in total. The van der Waals surface area contributed by atoms with Gasteiger partial charge in [0.05, 0.1) is 18.6 Å². The maximum Gasteiger partial charge on any atom is 0.310 e. The van der Waals surface area contributed by atoms with Gasteiger partial charge >= 0.3 is 5.97 Å². The smallest absolute Gasteiger partial charge is 0.310 e. The van der Waals surface area contributed by atoms with Crippen LogP contribution in [0.1, 0.15) is 30.0 Å². The predicted molar refractivity (Wildman–Crippen MR) is 54.2 cm³/mol. The van der Waals surface area contributed by atoms with Gasteiger partial charge < -0.3 is 4.74 Å². The molecule has 90 valence electrons. The number of ether oxygens (including phenoxy) is 1. The number of nitriles is 1. The minimum absolute atomic E-state index is 0.0255. The maximum absolute atomic E-state index is 12.8. The van der Waals surface area contributed by atoms with Crippen LogP contribution in [0.4, 0.5) is 8.78 Å². The quantitative estimate of drug-likeness (QED) is 0.755. The fourth-order valence-electron chi connectivity index (χ4n) is 1.37. The van der Waals surface area contributed by atoms with Gasteiger partial charge in [0.1, 0.15) is 6.07 Å². The standard InChI is InChI=1S/C11H10F2N2O2/c1-2-17-9(16)3-7-5-15-6-8(4-14)10(7)11(12)13/h5-6,11H,2-3H2,1H3. The van der Waals surface area contributed by atoms with Crippen LogP contribution >= 0.6 is 0 Å².